The van der Waals surface area contributed by atoms with Crippen molar-refractivity contribution in [1.82, 2.24) is 10.9 Å². The van der Waals surface area contributed by atoms with E-state index in [1.807, 2.05) is 36.4 Å². The van der Waals surface area contributed by atoms with E-state index >= 15 is 0 Å². The van der Waals surface area contributed by atoms with Crippen LogP contribution in [0.5, 0.6) is 5.75 Å². The molecule has 0 saturated heterocycles. The summed E-state index contributed by atoms with van der Waals surface area (Å²) in [5, 5.41) is 2.42. The van der Waals surface area contributed by atoms with E-state index in [0.29, 0.717) is 10.8 Å². The van der Waals surface area contributed by atoms with E-state index < -0.39 is 11.8 Å². The number of hydrogen-bond donors (Lipinski definition) is 2. The first-order valence-electron chi connectivity index (χ1n) is 7.59. The summed E-state index contributed by atoms with van der Waals surface area (Å²) in [4.78, 5) is 23.8. The molecular formula is C19H15ClN2O3. The Labute approximate surface area is 149 Å². The standard InChI is InChI=1S/C19H15ClN2O3/c20-17-8-4-3-7-16(17)19(24)22-21-18(23)12-25-15-10-9-13-5-1-2-6-14(13)11-15/h1-11H,12H2,(H,21,23)(H,22,24). The lowest BCUT2D eigenvalue weighted by molar-refractivity contribution is -0.123. The molecule has 2 N–H and O–H groups in total. The topological polar surface area (TPSA) is 67.4 Å². The lowest BCUT2D eigenvalue weighted by Gasteiger charge is -2.10. The zero-order chi connectivity index (χ0) is 17.6. The maximum Gasteiger partial charge on any atom is 0.276 e. The first-order valence-corrected chi connectivity index (χ1v) is 7.96. The van der Waals surface area contributed by atoms with Crippen LogP contribution in [0.4, 0.5) is 0 Å². The normalized spacial score (nSPS) is 10.3. The predicted molar refractivity (Wildman–Crippen MR) is 96.5 cm³/mol. The first kappa shape index (κ1) is 16.8. The number of hydrogen-bond acceptors (Lipinski definition) is 3. The molecule has 0 spiro atoms. The monoisotopic (exact) mass is 354 g/mol. The largest absolute Gasteiger partial charge is 0.484 e. The number of nitrogens with one attached hydrogen (secondary N) is 2. The van der Waals surface area contributed by atoms with Crippen LogP contribution in [0.2, 0.25) is 5.02 Å². The molecule has 0 saturated carbocycles. The highest BCUT2D eigenvalue weighted by atomic mass is 35.5. The van der Waals surface area contributed by atoms with Crippen molar-refractivity contribution in [2.24, 2.45) is 0 Å². The van der Waals surface area contributed by atoms with Crippen molar-refractivity contribution in [2.45, 2.75) is 0 Å². The third-order valence-electron chi connectivity index (χ3n) is 3.52. The van der Waals surface area contributed by atoms with Crippen molar-refractivity contribution in [3.05, 3.63) is 77.3 Å². The summed E-state index contributed by atoms with van der Waals surface area (Å²) < 4.78 is 5.45. The van der Waals surface area contributed by atoms with E-state index in [1.54, 1.807) is 30.3 Å². The summed E-state index contributed by atoms with van der Waals surface area (Å²) in [6.45, 7) is -0.221. The Bertz CT molecular complexity index is 927. The summed E-state index contributed by atoms with van der Waals surface area (Å²) in [5.74, 6) is -0.399. The second kappa shape index (κ2) is 7.68. The molecule has 25 heavy (non-hydrogen) atoms. The fourth-order valence-electron chi connectivity index (χ4n) is 2.28. The van der Waals surface area contributed by atoms with Gasteiger partial charge in [0.15, 0.2) is 6.61 Å². The van der Waals surface area contributed by atoms with Crippen LogP contribution in [0, 0.1) is 0 Å². The number of benzene rings is 3. The van der Waals surface area contributed by atoms with Gasteiger partial charge in [0.2, 0.25) is 0 Å². The second-order valence-corrected chi connectivity index (χ2v) is 5.69. The summed E-state index contributed by atoms with van der Waals surface area (Å²) in [6, 6.07) is 20.0. The fraction of sp³-hybridized carbons (Fsp3) is 0.0526. The molecule has 3 aromatic carbocycles. The Morgan fingerprint density at radius 3 is 2.40 bits per heavy atom. The number of carbonyl (C=O) groups is 2. The molecular weight excluding hydrogens is 340 g/mol. The van der Waals surface area contributed by atoms with Gasteiger partial charge in [0.25, 0.3) is 11.8 Å². The molecule has 6 heteroatoms. The molecule has 0 aliphatic rings. The lowest BCUT2D eigenvalue weighted by Crippen LogP contribution is -2.43. The number of ether oxygens (including phenoxy) is 1. The van der Waals surface area contributed by atoms with Crippen LogP contribution in [0.3, 0.4) is 0 Å². The molecule has 2 amide bonds. The molecule has 0 atom stereocenters. The molecule has 0 aliphatic heterocycles. The van der Waals surface area contributed by atoms with E-state index in [-0.39, 0.29) is 12.2 Å². The summed E-state index contributed by atoms with van der Waals surface area (Å²) in [5.41, 5.74) is 4.87. The van der Waals surface area contributed by atoms with Crippen LogP contribution in [0.1, 0.15) is 10.4 Å². The van der Waals surface area contributed by atoms with Crippen LogP contribution in [-0.2, 0) is 4.79 Å². The Kier molecular flexibility index (Phi) is 5.16. The van der Waals surface area contributed by atoms with Crippen molar-refractivity contribution < 1.29 is 14.3 Å². The highest BCUT2D eigenvalue weighted by molar-refractivity contribution is 6.33. The minimum absolute atomic E-state index is 0.221. The van der Waals surface area contributed by atoms with E-state index in [1.165, 1.54) is 0 Å². The summed E-state index contributed by atoms with van der Waals surface area (Å²) in [6.07, 6.45) is 0. The van der Waals surface area contributed by atoms with Crippen molar-refractivity contribution >= 4 is 34.2 Å². The van der Waals surface area contributed by atoms with Gasteiger partial charge < -0.3 is 4.74 Å². The van der Waals surface area contributed by atoms with Gasteiger partial charge in [-0.1, -0.05) is 54.1 Å². The van der Waals surface area contributed by atoms with Gasteiger partial charge in [-0.15, -0.1) is 0 Å². The van der Waals surface area contributed by atoms with Crippen molar-refractivity contribution in [3.63, 3.8) is 0 Å². The number of amides is 2. The van der Waals surface area contributed by atoms with E-state index in [0.717, 1.165) is 10.8 Å². The van der Waals surface area contributed by atoms with Gasteiger partial charge in [0.1, 0.15) is 5.75 Å². The maximum absolute atomic E-state index is 11.9. The Morgan fingerprint density at radius 1 is 0.880 bits per heavy atom. The van der Waals surface area contributed by atoms with Gasteiger partial charge in [-0.25, -0.2) is 0 Å². The Morgan fingerprint density at radius 2 is 1.60 bits per heavy atom. The van der Waals surface area contributed by atoms with Crippen LogP contribution in [0.25, 0.3) is 10.8 Å². The van der Waals surface area contributed by atoms with E-state index in [9.17, 15) is 9.59 Å². The molecule has 126 valence electrons. The molecule has 0 heterocycles. The number of hydrazine groups is 1. The SMILES string of the molecule is O=C(COc1ccc2ccccc2c1)NNC(=O)c1ccccc1Cl. The summed E-state index contributed by atoms with van der Waals surface area (Å²) >= 11 is 5.93. The fourth-order valence-corrected chi connectivity index (χ4v) is 2.50. The predicted octanol–water partition coefficient (Wildman–Crippen LogP) is 3.33. The minimum atomic E-state index is -0.496. The molecule has 0 unspecified atom stereocenters. The Hall–Kier alpha value is -3.05. The van der Waals surface area contributed by atoms with E-state index in [2.05, 4.69) is 10.9 Å². The maximum atomic E-state index is 11.9. The zero-order valence-electron chi connectivity index (χ0n) is 13.2. The number of carbonyl (C=O) groups excluding carboxylic acids is 2. The van der Waals surface area contributed by atoms with Gasteiger partial charge in [0, 0.05) is 0 Å². The zero-order valence-corrected chi connectivity index (χ0v) is 13.9. The molecule has 5 nitrogen and oxygen atoms in total. The molecule has 3 rings (SSSR count). The molecule has 0 aromatic heterocycles. The van der Waals surface area contributed by atoms with Crippen molar-refractivity contribution in [2.75, 3.05) is 6.61 Å². The highest BCUT2D eigenvalue weighted by Gasteiger charge is 2.10. The number of rotatable bonds is 4. The summed E-state index contributed by atoms with van der Waals surface area (Å²) in [7, 11) is 0. The lowest BCUT2D eigenvalue weighted by atomic mass is 10.1. The smallest absolute Gasteiger partial charge is 0.276 e. The molecule has 0 fully saturated rings. The molecule has 0 bridgehead atoms. The highest BCUT2D eigenvalue weighted by Crippen LogP contribution is 2.20. The second-order valence-electron chi connectivity index (χ2n) is 5.28. The third-order valence-corrected chi connectivity index (χ3v) is 3.85. The van der Waals surface area contributed by atoms with E-state index in [4.69, 9.17) is 16.3 Å². The molecule has 0 aliphatic carbocycles. The van der Waals surface area contributed by atoms with Crippen LogP contribution in [-0.4, -0.2) is 18.4 Å². The average molecular weight is 355 g/mol. The van der Waals surface area contributed by atoms with Gasteiger partial charge >= 0.3 is 0 Å². The first-order chi connectivity index (χ1) is 12.1. The minimum Gasteiger partial charge on any atom is -0.484 e. The van der Waals surface area contributed by atoms with Crippen LogP contribution in [0.15, 0.2) is 66.7 Å². The van der Waals surface area contributed by atoms with Crippen LogP contribution < -0.4 is 15.6 Å². The average Bonchev–Trinajstić information content (AvgIpc) is 2.64. The van der Waals surface area contributed by atoms with Crippen molar-refractivity contribution in [3.8, 4) is 5.75 Å². The van der Waals surface area contributed by atoms with Gasteiger partial charge in [-0.05, 0) is 35.0 Å². The number of halogens is 1. The van der Waals surface area contributed by atoms with Crippen molar-refractivity contribution in [1.29, 1.82) is 0 Å². The van der Waals surface area contributed by atoms with Gasteiger partial charge in [-0.3, -0.25) is 20.4 Å². The Balaban J connectivity index is 1.52. The number of fused-ring (bicyclic) bond motifs is 1. The van der Waals surface area contributed by atoms with Crippen LogP contribution >= 0.6 is 11.6 Å². The quantitative estimate of drug-likeness (QED) is 0.706. The van der Waals surface area contributed by atoms with Gasteiger partial charge in [0.05, 0.1) is 10.6 Å². The third kappa shape index (κ3) is 4.28. The molecule has 3 aromatic rings. The van der Waals surface area contributed by atoms with Gasteiger partial charge in [-0.2, -0.15) is 0 Å². The molecule has 0 radical (unpaired) electrons.